The molecule has 0 saturated carbocycles. The highest BCUT2D eigenvalue weighted by molar-refractivity contribution is 7.93. The SMILES string of the molecule is O=S1(=O)c2cccc3cccc(c23)N1CCCCN1CCC(Oc2cccc3ccccc23)C1. The summed E-state index contributed by atoms with van der Waals surface area (Å²) in [4.78, 5) is 2.87. The number of likely N-dealkylation sites (tertiary alicyclic amines) is 1. The van der Waals surface area contributed by atoms with Crippen molar-refractivity contribution >= 4 is 37.3 Å². The van der Waals surface area contributed by atoms with Gasteiger partial charge >= 0.3 is 0 Å². The van der Waals surface area contributed by atoms with Crippen molar-refractivity contribution in [3.63, 3.8) is 0 Å². The van der Waals surface area contributed by atoms with E-state index in [1.54, 1.807) is 10.4 Å². The van der Waals surface area contributed by atoms with Crippen LogP contribution >= 0.6 is 0 Å². The average Bonchev–Trinajstić information content (AvgIpc) is 3.39. The third-order valence-corrected chi connectivity index (χ3v) is 8.89. The molecule has 0 bridgehead atoms. The first-order valence-electron chi connectivity index (χ1n) is 12.0. The monoisotopic (exact) mass is 472 g/mol. The zero-order chi connectivity index (χ0) is 23.1. The van der Waals surface area contributed by atoms with Crippen LogP contribution in [0, 0.1) is 0 Å². The van der Waals surface area contributed by atoms with Crippen molar-refractivity contribution in [2.75, 3.05) is 30.5 Å². The molecule has 0 aliphatic carbocycles. The molecule has 0 spiro atoms. The molecule has 0 N–H and O–H groups in total. The smallest absolute Gasteiger partial charge is 0.265 e. The van der Waals surface area contributed by atoms with Crippen molar-refractivity contribution in [3.05, 3.63) is 78.9 Å². The van der Waals surface area contributed by atoms with Gasteiger partial charge in [-0.1, -0.05) is 60.7 Å². The first kappa shape index (κ1) is 21.4. The van der Waals surface area contributed by atoms with E-state index in [-0.39, 0.29) is 6.10 Å². The molecule has 1 saturated heterocycles. The topological polar surface area (TPSA) is 49.9 Å². The van der Waals surface area contributed by atoms with Crippen LogP contribution < -0.4 is 9.04 Å². The zero-order valence-electron chi connectivity index (χ0n) is 19.1. The predicted octanol–water partition coefficient (Wildman–Crippen LogP) is 5.44. The highest BCUT2D eigenvalue weighted by Crippen LogP contribution is 2.42. The number of ether oxygens (including phenoxy) is 1. The van der Waals surface area contributed by atoms with Gasteiger partial charge in [0.05, 0.1) is 10.6 Å². The summed E-state index contributed by atoms with van der Waals surface area (Å²) in [5.41, 5.74) is 0.817. The maximum absolute atomic E-state index is 13.1. The second-order valence-corrected chi connectivity index (χ2v) is 11.1. The van der Waals surface area contributed by atoms with Gasteiger partial charge in [0.15, 0.2) is 0 Å². The number of hydrogen-bond acceptors (Lipinski definition) is 4. The Hall–Kier alpha value is -3.09. The van der Waals surface area contributed by atoms with E-state index in [4.69, 9.17) is 4.74 Å². The largest absolute Gasteiger partial charge is 0.488 e. The molecule has 2 heterocycles. The second-order valence-electron chi connectivity index (χ2n) is 9.22. The lowest BCUT2D eigenvalue weighted by molar-refractivity contribution is 0.202. The van der Waals surface area contributed by atoms with E-state index in [0.717, 1.165) is 66.5 Å². The van der Waals surface area contributed by atoms with E-state index in [9.17, 15) is 8.42 Å². The molecular formula is C28H28N2O3S. The van der Waals surface area contributed by atoms with Crippen LogP contribution in [0.1, 0.15) is 19.3 Å². The van der Waals surface area contributed by atoms with Gasteiger partial charge in [-0.05, 0) is 54.8 Å². The van der Waals surface area contributed by atoms with Crippen molar-refractivity contribution in [1.29, 1.82) is 0 Å². The average molecular weight is 473 g/mol. The lowest BCUT2D eigenvalue weighted by atomic mass is 10.1. The number of nitrogens with zero attached hydrogens (tertiary/aromatic N) is 2. The number of benzene rings is 4. The Labute approximate surface area is 200 Å². The molecule has 5 nitrogen and oxygen atoms in total. The van der Waals surface area contributed by atoms with E-state index >= 15 is 0 Å². The van der Waals surface area contributed by atoms with Crippen LogP contribution in [0.2, 0.25) is 0 Å². The van der Waals surface area contributed by atoms with Crippen molar-refractivity contribution in [3.8, 4) is 5.75 Å². The van der Waals surface area contributed by atoms with Gasteiger partial charge in [0.1, 0.15) is 11.9 Å². The molecule has 2 aliphatic rings. The number of fused-ring (bicyclic) bond motifs is 1. The summed E-state index contributed by atoms with van der Waals surface area (Å²) in [6.07, 6.45) is 2.99. The van der Waals surface area contributed by atoms with Crippen LogP contribution in [-0.4, -0.2) is 45.6 Å². The first-order chi connectivity index (χ1) is 16.6. The number of unbranched alkanes of at least 4 members (excludes halogenated alkanes) is 1. The molecule has 1 unspecified atom stereocenters. The van der Waals surface area contributed by atoms with Gasteiger partial charge in [-0.25, -0.2) is 8.42 Å². The lowest BCUT2D eigenvalue weighted by Crippen LogP contribution is -2.29. The summed E-state index contributed by atoms with van der Waals surface area (Å²) in [6, 6.07) is 25.9. The summed E-state index contributed by atoms with van der Waals surface area (Å²) in [7, 11) is -3.46. The first-order valence-corrected chi connectivity index (χ1v) is 13.5. The molecule has 4 aromatic rings. The van der Waals surface area contributed by atoms with E-state index < -0.39 is 10.0 Å². The summed E-state index contributed by atoms with van der Waals surface area (Å²) in [5.74, 6) is 0.956. The van der Waals surface area contributed by atoms with E-state index in [2.05, 4.69) is 47.4 Å². The van der Waals surface area contributed by atoms with Crippen molar-refractivity contribution < 1.29 is 13.2 Å². The molecule has 0 aromatic heterocycles. The molecule has 1 fully saturated rings. The zero-order valence-corrected chi connectivity index (χ0v) is 19.9. The lowest BCUT2D eigenvalue weighted by Gasteiger charge is -2.20. The molecule has 2 aliphatic heterocycles. The van der Waals surface area contributed by atoms with Gasteiger partial charge in [0, 0.05) is 30.4 Å². The van der Waals surface area contributed by atoms with Crippen molar-refractivity contribution in [2.45, 2.75) is 30.3 Å². The molecule has 1 atom stereocenters. The van der Waals surface area contributed by atoms with Crippen LogP contribution in [0.4, 0.5) is 5.69 Å². The Kier molecular flexibility index (Phi) is 5.42. The summed E-state index contributed by atoms with van der Waals surface area (Å²) in [5, 5.41) is 4.20. The number of hydrogen-bond donors (Lipinski definition) is 0. The number of sulfonamides is 1. The predicted molar refractivity (Wildman–Crippen MR) is 137 cm³/mol. The Bertz CT molecular complexity index is 1460. The summed E-state index contributed by atoms with van der Waals surface area (Å²) >= 11 is 0. The third-order valence-electron chi connectivity index (χ3n) is 7.04. The minimum atomic E-state index is -3.46. The van der Waals surface area contributed by atoms with Gasteiger partial charge in [-0.15, -0.1) is 0 Å². The van der Waals surface area contributed by atoms with Crippen molar-refractivity contribution in [1.82, 2.24) is 4.90 Å². The van der Waals surface area contributed by atoms with Crippen molar-refractivity contribution in [2.24, 2.45) is 0 Å². The fourth-order valence-corrected chi connectivity index (χ4v) is 7.11. The summed E-state index contributed by atoms with van der Waals surface area (Å²) in [6.45, 7) is 3.40. The van der Waals surface area contributed by atoms with E-state index in [1.807, 2.05) is 30.3 Å². The minimum Gasteiger partial charge on any atom is -0.488 e. The standard InChI is InChI=1S/C28H28N2O3S/c31-34(32)27-15-7-11-22-10-5-13-25(28(22)27)30(34)18-4-3-17-29-19-16-23(20-29)33-26-14-6-9-21-8-1-2-12-24(21)26/h1-2,5-15,23H,3-4,16-20H2. The van der Waals surface area contributed by atoms with Gasteiger partial charge in [0.25, 0.3) is 10.0 Å². The van der Waals surface area contributed by atoms with E-state index in [1.165, 1.54) is 5.39 Å². The maximum atomic E-state index is 13.1. The Balaban J connectivity index is 1.04. The molecule has 6 rings (SSSR count). The highest BCUT2D eigenvalue weighted by atomic mass is 32.2. The minimum absolute atomic E-state index is 0.192. The molecular weight excluding hydrogens is 444 g/mol. The Morgan fingerprint density at radius 3 is 2.47 bits per heavy atom. The van der Waals surface area contributed by atoms with Crippen LogP contribution in [0.15, 0.2) is 83.8 Å². The van der Waals surface area contributed by atoms with Crippen LogP contribution in [0.5, 0.6) is 5.75 Å². The van der Waals surface area contributed by atoms with Gasteiger partial charge in [-0.2, -0.15) is 0 Å². The maximum Gasteiger partial charge on any atom is 0.265 e. The molecule has 4 aromatic carbocycles. The Morgan fingerprint density at radius 2 is 1.56 bits per heavy atom. The molecule has 34 heavy (non-hydrogen) atoms. The van der Waals surface area contributed by atoms with Gasteiger partial charge < -0.3 is 4.74 Å². The fourth-order valence-electron chi connectivity index (χ4n) is 5.36. The quantitative estimate of drug-likeness (QED) is 0.336. The van der Waals surface area contributed by atoms with Crippen LogP contribution in [0.25, 0.3) is 21.5 Å². The normalized spacial score (nSPS) is 19.3. The number of anilines is 1. The number of rotatable bonds is 7. The van der Waals surface area contributed by atoms with Gasteiger partial charge in [0.2, 0.25) is 0 Å². The molecule has 0 radical (unpaired) electrons. The Morgan fingerprint density at radius 1 is 0.824 bits per heavy atom. The van der Waals surface area contributed by atoms with E-state index in [0.29, 0.717) is 11.4 Å². The third kappa shape index (κ3) is 3.71. The highest BCUT2D eigenvalue weighted by Gasteiger charge is 2.35. The van der Waals surface area contributed by atoms with Crippen LogP contribution in [0.3, 0.4) is 0 Å². The molecule has 174 valence electrons. The molecule has 6 heteroatoms. The van der Waals surface area contributed by atoms with Crippen LogP contribution in [-0.2, 0) is 10.0 Å². The second kappa shape index (κ2) is 8.60. The fraction of sp³-hybridized carbons (Fsp3) is 0.286. The molecule has 0 amide bonds. The van der Waals surface area contributed by atoms with Gasteiger partial charge in [-0.3, -0.25) is 9.21 Å². The summed E-state index contributed by atoms with van der Waals surface area (Å²) < 4.78 is 34.2.